The largest absolute Gasteiger partial charge is 0.481 e. The maximum atomic E-state index is 12.8. The van der Waals surface area contributed by atoms with Gasteiger partial charge < -0.3 is 14.8 Å². The van der Waals surface area contributed by atoms with E-state index in [9.17, 15) is 14.7 Å². The lowest BCUT2D eigenvalue weighted by Crippen LogP contribution is -2.25. The molecular weight excluding hydrogens is 416 g/mol. The molecule has 1 fully saturated rings. The van der Waals surface area contributed by atoms with Crippen molar-refractivity contribution in [2.24, 2.45) is 11.8 Å². The van der Waals surface area contributed by atoms with Gasteiger partial charge in [-0.25, -0.2) is 0 Å². The van der Waals surface area contributed by atoms with E-state index in [0.717, 1.165) is 39.9 Å². The molecule has 2 N–H and O–H groups in total. The molecule has 0 amide bonds. The number of aryl methyl sites for hydroxylation is 1. The fourth-order valence-corrected chi connectivity index (χ4v) is 4.57. The molecule has 0 spiro atoms. The Bertz CT molecular complexity index is 1320. The van der Waals surface area contributed by atoms with Gasteiger partial charge in [0.05, 0.1) is 5.92 Å². The number of carbonyl (C=O) groups is 2. The van der Waals surface area contributed by atoms with Gasteiger partial charge in [-0.1, -0.05) is 48.9 Å². The molecular formula is C27H24N2O4. The number of carboxylic acid groups (broad SMARTS) is 1. The van der Waals surface area contributed by atoms with Crippen LogP contribution in [-0.4, -0.2) is 21.8 Å². The van der Waals surface area contributed by atoms with Crippen molar-refractivity contribution < 1.29 is 19.1 Å². The zero-order chi connectivity index (χ0) is 22.9. The van der Waals surface area contributed by atoms with E-state index in [1.807, 2.05) is 61.5 Å². The van der Waals surface area contributed by atoms with Crippen molar-refractivity contribution in [1.29, 1.82) is 0 Å². The van der Waals surface area contributed by atoms with Crippen LogP contribution in [0, 0.1) is 18.8 Å². The molecule has 6 heteroatoms. The number of hydrogen-bond acceptors (Lipinski definition) is 5. The Morgan fingerprint density at radius 3 is 2.30 bits per heavy atom. The minimum Gasteiger partial charge on any atom is -0.481 e. The minimum atomic E-state index is -0.871. The maximum absolute atomic E-state index is 12.8. The van der Waals surface area contributed by atoms with Crippen molar-refractivity contribution in [3.63, 3.8) is 0 Å². The van der Waals surface area contributed by atoms with Crippen molar-refractivity contribution >= 4 is 34.6 Å². The quantitative estimate of drug-likeness (QED) is 0.345. The fraction of sp³-hybridized carbons (Fsp3) is 0.222. The van der Waals surface area contributed by atoms with Crippen LogP contribution in [0.3, 0.4) is 0 Å². The van der Waals surface area contributed by atoms with Crippen LogP contribution in [0.25, 0.3) is 22.2 Å². The first-order valence-electron chi connectivity index (χ1n) is 11.1. The summed E-state index contributed by atoms with van der Waals surface area (Å²) in [5, 5.41) is 12.6. The van der Waals surface area contributed by atoms with E-state index in [1.54, 1.807) is 12.1 Å². The molecule has 0 saturated heterocycles. The lowest BCUT2D eigenvalue weighted by Gasteiger charge is -2.14. The monoisotopic (exact) mass is 440 g/mol. The number of rotatable bonds is 6. The summed E-state index contributed by atoms with van der Waals surface area (Å²) in [7, 11) is 0. The van der Waals surface area contributed by atoms with Crippen molar-refractivity contribution in [2.75, 3.05) is 5.32 Å². The minimum absolute atomic E-state index is 0.0699. The highest BCUT2D eigenvalue weighted by Crippen LogP contribution is 2.35. The second-order valence-electron chi connectivity index (χ2n) is 8.62. The Morgan fingerprint density at radius 2 is 1.61 bits per heavy atom. The first-order valence-corrected chi connectivity index (χ1v) is 11.1. The van der Waals surface area contributed by atoms with Crippen LogP contribution in [0.15, 0.2) is 71.1 Å². The lowest BCUT2D eigenvalue weighted by atomic mass is 9.88. The highest BCUT2D eigenvalue weighted by atomic mass is 16.4. The van der Waals surface area contributed by atoms with Gasteiger partial charge in [-0.15, -0.1) is 0 Å². The third-order valence-electron chi connectivity index (χ3n) is 6.35. The van der Waals surface area contributed by atoms with Gasteiger partial charge in [0.1, 0.15) is 5.52 Å². The Morgan fingerprint density at radius 1 is 0.939 bits per heavy atom. The topological polar surface area (TPSA) is 92.4 Å². The van der Waals surface area contributed by atoms with Crippen LogP contribution >= 0.6 is 0 Å². The SMILES string of the molecule is Cc1ccc2nc(Nc3ccc(-c4ccc(C(=O)[C@@H]5CCC[C@H]5C(=O)O)cc4)cc3)oc2c1. The van der Waals surface area contributed by atoms with Crippen molar-refractivity contribution in [1.82, 2.24) is 4.98 Å². The molecule has 166 valence electrons. The number of hydrogen-bond donors (Lipinski definition) is 2. The van der Waals surface area contributed by atoms with Crippen LogP contribution in [0.2, 0.25) is 0 Å². The van der Waals surface area contributed by atoms with E-state index >= 15 is 0 Å². The molecule has 1 aromatic heterocycles. The number of ketones is 1. The highest BCUT2D eigenvalue weighted by Gasteiger charge is 2.37. The second kappa shape index (κ2) is 8.54. The zero-order valence-corrected chi connectivity index (χ0v) is 18.2. The number of benzene rings is 3. The second-order valence-corrected chi connectivity index (χ2v) is 8.62. The molecule has 2 atom stereocenters. The van der Waals surface area contributed by atoms with Crippen LogP contribution < -0.4 is 5.32 Å². The predicted octanol–water partition coefficient (Wildman–Crippen LogP) is 6.23. The van der Waals surface area contributed by atoms with Gasteiger partial charge in [0, 0.05) is 17.2 Å². The van der Waals surface area contributed by atoms with Crippen LogP contribution in [0.1, 0.15) is 35.2 Å². The Kier molecular flexibility index (Phi) is 5.42. The van der Waals surface area contributed by atoms with Crippen molar-refractivity contribution in [3.05, 3.63) is 77.9 Å². The number of aliphatic carboxylic acids is 1. The standard InChI is InChI=1S/C27H24N2O4/c1-16-5-14-23-24(15-16)33-27(29-23)28-20-12-10-18(11-13-20)17-6-8-19(9-7-17)25(30)21-3-2-4-22(21)26(31)32/h5-15,21-22H,2-4H2,1H3,(H,28,29)(H,31,32)/t21-,22-/m1/s1. The lowest BCUT2D eigenvalue weighted by molar-refractivity contribution is -0.142. The molecule has 1 heterocycles. The van der Waals surface area contributed by atoms with E-state index in [-0.39, 0.29) is 5.78 Å². The average molecular weight is 440 g/mol. The third-order valence-corrected chi connectivity index (χ3v) is 6.35. The summed E-state index contributed by atoms with van der Waals surface area (Å²) in [6.07, 6.45) is 2.01. The summed E-state index contributed by atoms with van der Waals surface area (Å²) in [5.74, 6) is -1.93. The smallest absolute Gasteiger partial charge is 0.307 e. The number of fused-ring (bicyclic) bond motifs is 1. The highest BCUT2D eigenvalue weighted by molar-refractivity contribution is 6.00. The molecule has 33 heavy (non-hydrogen) atoms. The van der Waals surface area contributed by atoms with Gasteiger partial charge in [0.25, 0.3) is 6.01 Å². The summed E-state index contributed by atoms with van der Waals surface area (Å²) in [4.78, 5) is 28.7. The summed E-state index contributed by atoms with van der Waals surface area (Å²) in [6.45, 7) is 2.01. The Hall–Kier alpha value is -3.93. The Balaban J connectivity index is 1.29. The van der Waals surface area contributed by atoms with Gasteiger partial charge in [-0.2, -0.15) is 4.98 Å². The summed E-state index contributed by atoms with van der Waals surface area (Å²) >= 11 is 0. The number of nitrogens with one attached hydrogen (secondary N) is 1. The van der Waals surface area contributed by atoms with E-state index in [1.165, 1.54) is 0 Å². The van der Waals surface area contributed by atoms with Gasteiger partial charge in [0.15, 0.2) is 11.4 Å². The number of nitrogens with zero attached hydrogens (tertiary/aromatic N) is 1. The normalized spacial score (nSPS) is 17.8. The molecule has 0 aliphatic heterocycles. The number of anilines is 2. The summed E-state index contributed by atoms with van der Waals surface area (Å²) in [6, 6.07) is 21.6. The molecule has 5 rings (SSSR count). The van der Waals surface area contributed by atoms with Crippen molar-refractivity contribution in [2.45, 2.75) is 26.2 Å². The Labute approximate surface area is 191 Å². The van der Waals surface area contributed by atoms with Crippen molar-refractivity contribution in [3.8, 4) is 11.1 Å². The maximum Gasteiger partial charge on any atom is 0.307 e. The zero-order valence-electron chi connectivity index (χ0n) is 18.2. The fourth-order valence-electron chi connectivity index (χ4n) is 4.57. The number of carboxylic acids is 1. The predicted molar refractivity (Wildman–Crippen MR) is 127 cm³/mol. The van der Waals surface area contributed by atoms with E-state index in [0.29, 0.717) is 24.4 Å². The van der Waals surface area contributed by atoms with Gasteiger partial charge >= 0.3 is 5.97 Å². The molecule has 3 aromatic carbocycles. The molecule has 0 bridgehead atoms. The first-order chi connectivity index (χ1) is 16.0. The number of Topliss-reactive ketones (excluding diaryl/α,β-unsaturated/α-hetero) is 1. The molecule has 1 saturated carbocycles. The van der Waals surface area contributed by atoms with Gasteiger partial charge in [-0.05, 0) is 60.7 Å². The molecule has 6 nitrogen and oxygen atoms in total. The summed E-state index contributed by atoms with van der Waals surface area (Å²) in [5.41, 5.74) is 6.09. The number of carbonyl (C=O) groups excluding carboxylic acids is 1. The average Bonchev–Trinajstić information content (AvgIpc) is 3.46. The van der Waals surface area contributed by atoms with Gasteiger partial charge in [-0.3, -0.25) is 9.59 Å². The van der Waals surface area contributed by atoms with Crippen LogP contribution in [0.5, 0.6) is 0 Å². The first kappa shape index (κ1) is 20.9. The molecule has 0 radical (unpaired) electrons. The number of oxazole rings is 1. The third kappa shape index (κ3) is 4.24. The summed E-state index contributed by atoms with van der Waals surface area (Å²) < 4.78 is 5.78. The van der Waals surface area contributed by atoms with E-state index in [4.69, 9.17) is 4.42 Å². The molecule has 0 unspecified atom stereocenters. The molecule has 4 aromatic rings. The van der Waals surface area contributed by atoms with E-state index < -0.39 is 17.8 Å². The molecule has 1 aliphatic rings. The van der Waals surface area contributed by atoms with Crippen LogP contribution in [0.4, 0.5) is 11.7 Å². The molecule has 1 aliphatic carbocycles. The number of aromatic nitrogens is 1. The van der Waals surface area contributed by atoms with Gasteiger partial charge in [0.2, 0.25) is 0 Å². The van der Waals surface area contributed by atoms with E-state index in [2.05, 4.69) is 10.3 Å². The van der Waals surface area contributed by atoms with Crippen LogP contribution in [-0.2, 0) is 4.79 Å².